The van der Waals surface area contributed by atoms with Crippen LogP contribution in [0.25, 0.3) is 0 Å². The van der Waals surface area contributed by atoms with E-state index in [-0.39, 0.29) is 12.5 Å². The highest BCUT2D eigenvalue weighted by molar-refractivity contribution is 9.11. The van der Waals surface area contributed by atoms with Crippen molar-refractivity contribution in [3.05, 3.63) is 32.7 Å². The lowest BCUT2D eigenvalue weighted by Gasteiger charge is -2.24. The SMILES string of the molecule is CCCC1(C(=O)O)CCN(C(=O)c2cc(Br)ccc2Br)C1. The number of carbonyl (C=O) groups is 2. The molecule has 1 aliphatic heterocycles. The molecule has 4 nitrogen and oxygen atoms in total. The van der Waals surface area contributed by atoms with Gasteiger partial charge in [0, 0.05) is 22.0 Å². The first-order valence-electron chi connectivity index (χ1n) is 6.87. The molecule has 1 heterocycles. The first kappa shape index (κ1) is 16.5. The van der Waals surface area contributed by atoms with Crippen molar-refractivity contribution in [3.63, 3.8) is 0 Å². The number of rotatable bonds is 4. The van der Waals surface area contributed by atoms with Crippen LogP contribution in [0.1, 0.15) is 36.5 Å². The molecule has 0 spiro atoms. The Morgan fingerprint density at radius 1 is 1.38 bits per heavy atom. The summed E-state index contributed by atoms with van der Waals surface area (Å²) < 4.78 is 1.55. The minimum absolute atomic E-state index is 0.123. The van der Waals surface area contributed by atoms with Gasteiger partial charge in [0.2, 0.25) is 0 Å². The highest BCUT2D eigenvalue weighted by Crippen LogP contribution is 2.37. The zero-order chi connectivity index (χ0) is 15.6. The van der Waals surface area contributed by atoms with Crippen molar-refractivity contribution in [2.75, 3.05) is 13.1 Å². The Morgan fingerprint density at radius 2 is 2.10 bits per heavy atom. The monoisotopic (exact) mass is 417 g/mol. The average Bonchev–Trinajstić information content (AvgIpc) is 2.87. The zero-order valence-corrected chi connectivity index (χ0v) is 14.9. The number of halogens is 2. The number of amides is 1. The summed E-state index contributed by atoms with van der Waals surface area (Å²) in [5, 5.41) is 9.51. The van der Waals surface area contributed by atoms with Crippen molar-refractivity contribution in [1.82, 2.24) is 4.90 Å². The molecule has 1 atom stereocenters. The van der Waals surface area contributed by atoms with Crippen LogP contribution in [-0.2, 0) is 4.79 Å². The molecule has 1 saturated heterocycles. The quantitative estimate of drug-likeness (QED) is 0.805. The molecule has 0 aliphatic carbocycles. The lowest BCUT2D eigenvalue weighted by Crippen LogP contribution is -2.37. The smallest absolute Gasteiger partial charge is 0.311 e. The Hall–Kier alpha value is -0.880. The van der Waals surface area contributed by atoms with Gasteiger partial charge in [-0.25, -0.2) is 0 Å². The van der Waals surface area contributed by atoms with Crippen LogP contribution in [0.5, 0.6) is 0 Å². The molecule has 2 rings (SSSR count). The van der Waals surface area contributed by atoms with Gasteiger partial charge in [0.25, 0.3) is 5.91 Å². The summed E-state index contributed by atoms with van der Waals surface area (Å²) in [6, 6.07) is 5.42. The summed E-state index contributed by atoms with van der Waals surface area (Å²) in [6.45, 7) is 2.75. The molecule has 114 valence electrons. The maximum absolute atomic E-state index is 12.6. The van der Waals surface area contributed by atoms with E-state index >= 15 is 0 Å². The van der Waals surface area contributed by atoms with Crippen LogP contribution in [0.3, 0.4) is 0 Å². The molecule has 1 amide bonds. The van der Waals surface area contributed by atoms with Crippen LogP contribution < -0.4 is 0 Å². The van der Waals surface area contributed by atoms with Crippen molar-refractivity contribution in [2.24, 2.45) is 5.41 Å². The molecule has 0 radical (unpaired) electrons. The van der Waals surface area contributed by atoms with Gasteiger partial charge < -0.3 is 10.0 Å². The van der Waals surface area contributed by atoms with Crippen LogP contribution >= 0.6 is 31.9 Å². The number of hydrogen-bond acceptors (Lipinski definition) is 2. The number of carboxylic acid groups (broad SMARTS) is 1. The van der Waals surface area contributed by atoms with Crippen LogP contribution in [0.4, 0.5) is 0 Å². The predicted octanol–water partition coefficient (Wildman–Crippen LogP) is 3.93. The van der Waals surface area contributed by atoms with Crippen molar-refractivity contribution in [3.8, 4) is 0 Å². The maximum atomic E-state index is 12.6. The molecule has 1 N–H and O–H groups in total. The number of carbonyl (C=O) groups excluding carboxylic acids is 1. The van der Waals surface area contributed by atoms with Crippen molar-refractivity contribution < 1.29 is 14.7 Å². The molecule has 1 aliphatic rings. The van der Waals surface area contributed by atoms with E-state index in [0.29, 0.717) is 24.9 Å². The molecule has 1 fully saturated rings. The van der Waals surface area contributed by atoms with E-state index < -0.39 is 11.4 Å². The number of aliphatic carboxylic acids is 1. The summed E-state index contributed by atoms with van der Waals surface area (Å²) in [5.74, 6) is -0.921. The lowest BCUT2D eigenvalue weighted by molar-refractivity contribution is -0.148. The lowest BCUT2D eigenvalue weighted by atomic mass is 9.83. The van der Waals surface area contributed by atoms with Gasteiger partial charge in [0.15, 0.2) is 0 Å². The van der Waals surface area contributed by atoms with E-state index in [1.807, 2.05) is 19.1 Å². The van der Waals surface area contributed by atoms with E-state index in [1.165, 1.54) is 0 Å². The molecule has 6 heteroatoms. The van der Waals surface area contributed by atoms with E-state index in [2.05, 4.69) is 31.9 Å². The fourth-order valence-electron chi connectivity index (χ4n) is 2.84. The van der Waals surface area contributed by atoms with E-state index in [9.17, 15) is 14.7 Å². The van der Waals surface area contributed by atoms with Gasteiger partial charge in [0.1, 0.15) is 0 Å². The van der Waals surface area contributed by atoms with Gasteiger partial charge in [-0.2, -0.15) is 0 Å². The van der Waals surface area contributed by atoms with Crippen LogP contribution in [0.15, 0.2) is 27.1 Å². The fraction of sp³-hybridized carbons (Fsp3) is 0.467. The van der Waals surface area contributed by atoms with Gasteiger partial charge in [-0.15, -0.1) is 0 Å². The third-order valence-corrected chi connectivity index (χ3v) is 5.17. The van der Waals surface area contributed by atoms with E-state index in [1.54, 1.807) is 11.0 Å². The maximum Gasteiger partial charge on any atom is 0.311 e. The molecule has 1 aromatic rings. The van der Waals surface area contributed by atoms with Crippen LogP contribution in [0, 0.1) is 5.41 Å². The zero-order valence-electron chi connectivity index (χ0n) is 11.7. The Bertz CT molecular complexity index is 576. The van der Waals surface area contributed by atoms with Crippen molar-refractivity contribution in [1.29, 1.82) is 0 Å². The Balaban J connectivity index is 2.22. The summed E-state index contributed by atoms with van der Waals surface area (Å²) in [4.78, 5) is 25.9. The fourth-order valence-corrected chi connectivity index (χ4v) is 3.62. The van der Waals surface area contributed by atoms with Gasteiger partial charge in [0.05, 0.1) is 11.0 Å². The number of benzene rings is 1. The Labute approximate surface area is 140 Å². The summed E-state index contributed by atoms with van der Waals surface area (Å²) >= 11 is 6.74. The second-order valence-corrected chi connectivity index (χ2v) is 7.21. The Kier molecular flexibility index (Phi) is 5.09. The summed E-state index contributed by atoms with van der Waals surface area (Å²) in [5.41, 5.74) is -0.231. The number of hydrogen-bond donors (Lipinski definition) is 1. The number of nitrogens with zero attached hydrogens (tertiary/aromatic N) is 1. The molecule has 21 heavy (non-hydrogen) atoms. The normalized spacial score (nSPS) is 21.6. The third-order valence-electron chi connectivity index (χ3n) is 3.98. The second-order valence-electron chi connectivity index (χ2n) is 5.44. The molecular formula is C15H17Br2NO3. The van der Waals surface area contributed by atoms with Crippen LogP contribution in [-0.4, -0.2) is 35.0 Å². The number of likely N-dealkylation sites (tertiary alicyclic amines) is 1. The first-order chi connectivity index (χ1) is 9.89. The van der Waals surface area contributed by atoms with Gasteiger partial charge in [-0.05, 0) is 47.0 Å². The topological polar surface area (TPSA) is 57.6 Å². The summed E-state index contributed by atoms with van der Waals surface area (Å²) in [6.07, 6.45) is 1.92. The van der Waals surface area contributed by atoms with Gasteiger partial charge in [-0.1, -0.05) is 29.3 Å². The predicted molar refractivity (Wildman–Crippen MR) is 87.3 cm³/mol. The molecular weight excluding hydrogens is 402 g/mol. The molecule has 0 aromatic heterocycles. The molecule has 0 bridgehead atoms. The van der Waals surface area contributed by atoms with Crippen molar-refractivity contribution >= 4 is 43.7 Å². The van der Waals surface area contributed by atoms with Gasteiger partial charge >= 0.3 is 5.97 Å². The minimum atomic E-state index is -0.798. The van der Waals surface area contributed by atoms with Gasteiger partial charge in [-0.3, -0.25) is 9.59 Å². The largest absolute Gasteiger partial charge is 0.481 e. The average molecular weight is 419 g/mol. The summed E-state index contributed by atoms with van der Waals surface area (Å²) in [7, 11) is 0. The molecule has 1 unspecified atom stereocenters. The highest BCUT2D eigenvalue weighted by atomic mass is 79.9. The first-order valence-corrected chi connectivity index (χ1v) is 8.46. The minimum Gasteiger partial charge on any atom is -0.481 e. The highest BCUT2D eigenvalue weighted by Gasteiger charge is 2.45. The van der Waals surface area contributed by atoms with E-state index in [4.69, 9.17) is 0 Å². The van der Waals surface area contributed by atoms with Crippen LogP contribution in [0.2, 0.25) is 0 Å². The molecule has 1 aromatic carbocycles. The van der Waals surface area contributed by atoms with E-state index in [0.717, 1.165) is 15.4 Å². The second kappa shape index (κ2) is 6.48. The standard InChI is InChI=1S/C15H17Br2NO3/c1-2-5-15(14(20)21)6-7-18(9-15)13(19)11-8-10(16)3-4-12(11)17/h3-4,8H,2,5-7,9H2,1H3,(H,20,21). The molecule has 0 saturated carbocycles. The number of carboxylic acids is 1. The third kappa shape index (κ3) is 3.31. The van der Waals surface area contributed by atoms with Crippen molar-refractivity contribution in [2.45, 2.75) is 26.2 Å². The Morgan fingerprint density at radius 3 is 2.71 bits per heavy atom.